The van der Waals surface area contributed by atoms with Gasteiger partial charge in [-0.2, -0.15) is 0 Å². The lowest BCUT2D eigenvalue weighted by atomic mass is 10.2. The Bertz CT molecular complexity index is 440. The highest BCUT2D eigenvalue weighted by Gasteiger charge is 2.33. The lowest BCUT2D eigenvalue weighted by Gasteiger charge is -2.26. The molecular weight excluding hydrogens is 252 g/mol. The summed E-state index contributed by atoms with van der Waals surface area (Å²) in [4.78, 5) is 13.6. The molecule has 1 unspecified atom stereocenters. The summed E-state index contributed by atoms with van der Waals surface area (Å²) in [7, 11) is -2.95. The van der Waals surface area contributed by atoms with Crippen LogP contribution in [0.25, 0.3) is 0 Å². The Morgan fingerprint density at radius 1 is 1.39 bits per heavy atom. The number of sulfone groups is 1. The molecule has 1 heterocycles. The van der Waals surface area contributed by atoms with Crippen molar-refractivity contribution in [2.24, 2.45) is 5.92 Å². The van der Waals surface area contributed by atoms with Crippen LogP contribution in [0.15, 0.2) is 12.3 Å². The molecule has 1 atom stereocenters. The number of amides is 2. The van der Waals surface area contributed by atoms with Gasteiger partial charge in [0.2, 0.25) is 0 Å². The highest BCUT2D eigenvalue weighted by Crippen LogP contribution is 2.29. The van der Waals surface area contributed by atoms with E-state index in [4.69, 9.17) is 0 Å². The summed E-state index contributed by atoms with van der Waals surface area (Å²) in [6.07, 6.45) is 6.63. The van der Waals surface area contributed by atoms with Gasteiger partial charge in [0.15, 0.2) is 9.84 Å². The van der Waals surface area contributed by atoms with Crippen molar-refractivity contribution in [1.29, 1.82) is 0 Å². The van der Waals surface area contributed by atoms with Crippen LogP contribution in [0.5, 0.6) is 0 Å². The average molecular weight is 272 g/mol. The number of allylic oxidation sites excluding steroid dienone is 1. The summed E-state index contributed by atoms with van der Waals surface area (Å²) in [5, 5.41) is 2.72. The molecule has 2 aliphatic rings. The van der Waals surface area contributed by atoms with Gasteiger partial charge in [0, 0.05) is 18.8 Å². The smallest absolute Gasteiger partial charge is 0.321 e. The van der Waals surface area contributed by atoms with E-state index in [2.05, 4.69) is 5.32 Å². The van der Waals surface area contributed by atoms with Crippen LogP contribution in [0, 0.1) is 5.92 Å². The second-order valence-electron chi connectivity index (χ2n) is 4.99. The average Bonchev–Trinajstić information content (AvgIpc) is 3.04. The van der Waals surface area contributed by atoms with E-state index < -0.39 is 9.84 Å². The molecule has 1 saturated carbocycles. The van der Waals surface area contributed by atoms with Crippen LogP contribution in [-0.4, -0.2) is 43.4 Å². The van der Waals surface area contributed by atoms with Gasteiger partial charge in [-0.1, -0.05) is 6.08 Å². The van der Waals surface area contributed by atoms with Gasteiger partial charge in [0.25, 0.3) is 0 Å². The van der Waals surface area contributed by atoms with Crippen molar-refractivity contribution in [2.45, 2.75) is 32.2 Å². The summed E-state index contributed by atoms with van der Waals surface area (Å²) in [6.45, 7) is 2.40. The maximum absolute atomic E-state index is 11.9. The molecule has 18 heavy (non-hydrogen) atoms. The third-order valence-corrected chi connectivity index (χ3v) is 5.20. The normalized spacial score (nSPS) is 26.4. The molecule has 1 aliphatic heterocycles. The molecule has 0 radical (unpaired) electrons. The minimum atomic E-state index is -2.95. The third-order valence-electron chi connectivity index (χ3n) is 3.45. The fourth-order valence-electron chi connectivity index (χ4n) is 2.22. The number of nitrogens with one attached hydrogen (secondary N) is 1. The minimum Gasteiger partial charge on any atom is -0.321 e. The SMILES string of the molecule is CCN(C(=O)N/C=C/C1CC1)C1CCS(=O)(=O)C1. The first kappa shape index (κ1) is 13.4. The van der Waals surface area contributed by atoms with E-state index in [0.29, 0.717) is 18.9 Å². The molecule has 2 fully saturated rings. The molecule has 2 amide bonds. The van der Waals surface area contributed by atoms with Crippen LogP contribution in [-0.2, 0) is 9.84 Å². The van der Waals surface area contributed by atoms with E-state index in [0.717, 1.165) is 0 Å². The van der Waals surface area contributed by atoms with Crippen LogP contribution in [0.4, 0.5) is 4.79 Å². The molecule has 0 spiro atoms. The van der Waals surface area contributed by atoms with Gasteiger partial charge in [-0.3, -0.25) is 0 Å². The number of urea groups is 1. The van der Waals surface area contributed by atoms with Gasteiger partial charge in [-0.15, -0.1) is 0 Å². The van der Waals surface area contributed by atoms with Gasteiger partial charge >= 0.3 is 6.03 Å². The molecule has 1 N–H and O–H groups in total. The number of rotatable bonds is 4. The van der Waals surface area contributed by atoms with Crippen LogP contribution >= 0.6 is 0 Å². The number of hydrogen-bond acceptors (Lipinski definition) is 3. The van der Waals surface area contributed by atoms with Crippen LogP contribution in [0.3, 0.4) is 0 Å². The van der Waals surface area contributed by atoms with Gasteiger partial charge in [0.1, 0.15) is 0 Å². The molecule has 1 saturated heterocycles. The Morgan fingerprint density at radius 2 is 2.11 bits per heavy atom. The molecule has 6 heteroatoms. The lowest BCUT2D eigenvalue weighted by molar-refractivity contribution is 0.187. The minimum absolute atomic E-state index is 0.0978. The number of carbonyl (C=O) groups excluding carboxylic acids is 1. The number of carbonyl (C=O) groups is 1. The molecule has 0 aromatic heterocycles. The monoisotopic (exact) mass is 272 g/mol. The summed E-state index contributed by atoms with van der Waals surface area (Å²) >= 11 is 0. The number of hydrogen-bond donors (Lipinski definition) is 1. The van der Waals surface area contributed by atoms with Gasteiger partial charge in [-0.05, 0) is 32.1 Å². The Kier molecular flexibility index (Phi) is 3.94. The Labute approximate surface area is 108 Å². The van der Waals surface area contributed by atoms with Crippen molar-refractivity contribution in [3.8, 4) is 0 Å². The van der Waals surface area contributed by atoms with Crippen molar-refractivity contribution < 1.29 is 13.2 Å². The van der Waals surface area contributed by atoms with Crippen molar-refractivity contribution in [1.82, 2.24) is 10.2 Å². The predicted molar refractivity (Wildman–Crippen MR) is 69.8 cm³/mol. The highest BCUT2D eigenvalue weighted by molar-refractivity contribution is 7.91. The molecule has 5 nitrogen and oxygen atoms in total. The van der Waals surface area contributed by atoms with E-state index in [-0.39, 0.29) is 23.6 Å². The van der Waals surface area contributed by atoms with Crippen LogP contribution < -0.4 is 5.32 Å². The first-order chi connectivity index (χ1) is 8.52. The summed E-state index contributed by atoms with van der Waals surface area (Å²) in [5.74, 6) is 0.909. The molecule has 2 rings (SSSR count). The fraction of sp³-hybridized carbons (Fsp3) is 0.750. The van der Waals surface area contributed by atoms with Gasteiger partial charge < -0.3 is 10.2 Å². The molecule has 0 bridgehead atoms. The molecule has 0 aromatic carbocycles. The standard InChI is InChI=1S/C12H20N2O3S/c1-2-14(11-6-8-18(16,17)9-11)12(15)13-7-5-10-3-4-10/h5,7,10-11H,2-4,6,8-9H2,1H3,(H,13,15)/b7-5+. The van der Waals surface area contributed by atoms with Gasteiger partial charge in [-0.25, -0.2) is 13.2 Å². The summed E-state index contributed by atoms with van der Waals surface area (Å²) in [5.41, 5.74) is 0. The topological polar surface area (TPSA) is 66.5 Å². The fourth-order valence-corrected chi connectivity index (χ4v) is 3.95. The molecule has 0 aromatic rings. The lowest BCUT2D eigenvalue weighted by Crippen LogP contribution is -2.45. The zero-order valence-electron chi connectivity index (χ0n) is 10.6. The first-order valence-electron chi connectivity index (χ1n) is 6.46. The van der Waals surface area contributed by atoms with Crippen molar-refractivity contribution >= 4 is 15.9 Å². The Morgan fingerprint density at radius 3 is 2.61 bits per heavy atom. The highest BCUT2D eigenvalue weighted by atomic mass is 32.2. The van der Waals surface area contributed by atoms with E-state index in [1.54, 1.807) is 11.1 Å². The summed E-state index contributed by atoms with van der Waals surface area (Å²) in [6, 6.07) is -0.370. The zero-order valence-corrected chi connectivity index (χ0v) is 11.4. The quantitative estimate of drug-likeness (QED) is 0.834. The molecule has 102 valence electrons. The van der Waals surface area contributed by atoms with Crippen molar-refractivity contribution in [3.63, 3.8) is 0 Å². The third kappa shape index (κ3) is 3.48. The number of nitrogens with zero attached hydrogens (tertiary/aromatic N) is 1. The molecule has 1 aliphatic carbocycles. The Hall–Kier alpha value is -1.04. The van der Waals surface area contributed by atoms with E-state index >= 15 is 0 Å². The van der Waals surface area contributed by atoms with Crippen LogP contribution in [0.2, 0.25) is 0 Å². The van der Waals surface area contributed by atoms with E-state index in [1.165, 1.54) is 12.8 Å². The first-order valence-corrected chi connectivity index (χ1v) is 8.28. The maximum atomic E-state index is 11.9. The zero-order chi connectivity index (χ0) is 13.2. The van der Waals surface area contributed by atoms with Crippen LogP contribution in [0.1, 0.15) is 26.2 Å². The molecular formula is C12H20N2O3S. The largest absolute Gasteiger partial charge is 0.321 e. The second kappa shape index (κ2) is 5.30. The van der Waals surface area contributed by atoms with E-state index in [9.17, 15) is 13.2 Å². The maximum Gasteiger partial charge on any atom is 0.321 e. The van der Waals surface area contributed by atoms with E-state index in [1.807, 2.05) is 13.0 Å². The summed E-state index contributed by atoms with van der Waals surface area (Å²) < 4.78 is 22.8. The predicted octanol–water partition coefficient (Wildman–Crippen LogP) is 1.13. The van der Waals surface area contributed by atoms with Gasteiger partial charge in [0.05, 0.1) is 11.5 Å². The van der Waals surface area contributed by atoms with Crippen molar-refractivity contribution in [2.75, 3.05) is 18.1 Å². The van der Waals surface area contributed by atoms with Crippen molar-refractivity contribution in [3.05, 3.63) is 12.3 Å². The second-order valence-corrected chi connectivity index (χ2v) is 7.22. The Balaban J connectivity index is 1.89.